The lowest BCUT2D eigenvalue weighted by Gasteiger charge is -2.27. The molecule has 0 spiro atoms. The Bertz CT molecular complexity index is 1160. The third-order valence-corrected chi connectivity index (χ3v) is 6.64. The van der Waals surface area contributed by atoms with Crippen LogP contribution in [0.1, 0.15) is 56.9 Å². The minimum absolute atomic E-state index is 0.460. The van der Waals surface area contributed by atoms with E-state index in [0.717, 1.165) is 33.3 Å². The molecule has 1 aromatic heterocycles. The van der Waals surface area contributed by atoms with Gasteiger partial charge in [-0.3, -0.25) is 4.90 Å². The van der Waals surface area contributed by atoms with Gasteiger partial charge in [-0.05, 0) is 98.5 Å². The van der Waals surface area contributed by atoms with E-state index in [1.54, 1.807) is 0 Å². The smallest absolute Gasteiger partial charge is 0.113 e. The maximum atomic E-state index is 5.98. The molecule has 2 aromatic carbocycles. The molecule has 0 aliphatic heterocycles. The summed E-state index contributed by atoms with van der Waals surface area (Å²) < 4.78 is 0. The van der Waals surface area contributed by atoms with Gasteiger partial charge < -0.3 is 0 Å². The van der Waals surface area contributed by atoms with Gasteiger partial charge in [0.2, 0.25) is 0 Å². The second-order valence-corrected chi connectivity index (χ2v) is 9.73. The normalized spacial score (nSPS) is 14.6. The molecule has 0 bridgehead atoms. The highest BCUT2D eigenvalue weighted by Crippen LogP contribution is 2.31. The molecular weight excluding hydrogens is 436 g/mol. The first kappa shape index (κ1) is 24.3. The first-order valence-electron chi connectivity index (χ1n) is 12.3. The Morgan fingerprint density at radius 1 is 1.03 bits per heavy atom. The molecule has 0 radical (unpaired) electrons. The van der Waals surface area contributed by atoms with Crippen LogP contribution in [0.25, 0.3) is 16.7 Å². The van der Waals surface area contributed by atoms with Crippen LogP contribution in [0.3, 0.4) is 0 Å². The minimum atomic E-state index is 0.460. The van der Waals surface area contributed by atoms with Crippen LogP contribution >= 0.6 is 11.6 Å². The molecule has 4 rings (SSSR count). The van der Waals surface area contributed by atoms with Crippen LogP contribution in [0.15, 0.2) is 72.9 Å². The predicted octanol–water partition coefficient (Wildman–Crippen LogP) is 7.72. The zero-order chi connectivity index (χ0) is 23.9. The van der Waals surface area contributed by atoms with E-state index in [0.29, 0.717) is 6.04 Å². The summed E-state index contributed by atoms with van der Waals surface area (Å²) in [6.45, 7) is 9.22. The van der Waals surface area contributed by atoms with Gasteiger partial charge in [-0.15, -0.1) is 0 Å². The fourth-order valence-electron chi connectivity index (χ4n) is 4.18. The fourth-order valence-corrected chi connectivity index (χ4v) is 4.30. The van der Waals surface area contributed by atoms with Crippen molar-refractivity contribution in [3.8, 4) is 23.0 Å². The number of benzene rings is 2. The van der Waals surface area contributed by atoms with Gasteiger partial charge in [0.15, 0.2) is 0 Å². The number of aromatic nitrogens is 1. The number of hydrogen-bond donors (Lipinski definition) is 0. The molecule has 2 nitrogen and oxygen atoms in total. The van der Waals surface area contributed by atoms with Crippen molar-refractivity contribution in [3.63, 3.8) is 0 Å². The van der Waals surface area contributed by atoms with Crippen molar-refractivity contribution in [1.82, 2.24) is 9.88 Å². The van der Waals surface area contributed by atoms with Gasteiger partial charge in [0, 0.05) is 34.9 Å². The Morgan fingerprint density at radius 2 is 1.74 bits per heavy atom. The molecule has 0 unspecified atom stereocenters. The van der Waals surface area contributed by atoms with Crippen LogP contribution < -0.4 is 0 Å². The quantitative estimate of drug-likeness (QED) is 0.314. The van der Waals surface area contributed by atoms with Crippen molar-refractivity contribution < 1.29 is 0 Å². The largest absolute Gasteiger partial charge is 0.297 e. The minimum Gasteiger partial charge on any atom is -0.297 e. The van der Waals surface area contributed by atoms with Crippen LogP contribution in [-0.4, -0.2) is 29.0 Å². The fraction of sp³-hybridized carbons (Fsp3) is 0.323. The van der Waals surface area contributed by atoms with E-state index in [4.69, 9.17) is 11.6 Å². The average Bonchev–Trinajstić information content (AvgIpc) is 3.68. The summed E-state index contributed by atoms with van der Waals surface area (Å²) in [7, 11) is 0. The molecular formula is C31H33ClN2. The van der Waals surface area contributed by atoms with Gasteiger partial charge in [0.25, 0.3) is 0 Å². The number of halogens is 1. The van der Waals surface area contributed by atoms with Crippen LogP contribution in [-0.2, 0) is 0 Å². The molecule has 0 saturated heterocycles. The van der Waals surface area contributed by atoms with E-state index >= 15 is 0 Å². The molecule has 34 heavy (non-hydrogen) atoms. The average molecular weight is 469 g/mol. The topological polar surface area (TPSA) is 16.1 Å². The number of nitrogens with zero attached hydrogens (tertiary/aromatic N) is 2. The third-order valence-electron chi connectivity index (χ3n) is 6.38. The monoisotopic (exact) mass is 468 g/mol. The van der Waals surface area contributed by atoms with Crippen molar-refractivity contribution in [2.75, 3.05) is 13.1 Å². The van der Waals surface area contributed by atoms with Crippen molar-refractivity contribution in [1.29, 1.82) is 0 Å². The Balaban J connectivity index is 1.39. The Hall–Kier alpha value is -2.86. The second kappa shape index (κ2) is 11.5. The molecule has 1 fully saturated rings. The van der Waals surface area contributed by atoms with Gasteiger partial charge in [-0.2, -0.15) is 0 Å². The zero-order valence-electron chi connectivity index (χ0n) is 20.4. The van der Waals surface area contributed by atoms with Crippen molar-refractivity contribution >= 4 is 17.2 Å². The summed E-state index contributed by atoms with van der Waals surface area (Å²) >= 11 is 5.98. The first-order chi connectivity index (χ1) is 16.5. The molecule has 1 aliphatic carbocycles. The van der Waals surface area contributed by atoms with Crippen LogP contribution in [0.4, 0.5) is 0 Å². The molecule has 3 heteroatoms. The summed E-state index contributed by atoms with van der Waals surface area (Å²) in [6.07, 6.45) is 8.28. The number of pyridine rings is 1. The highest BCUT2D eigenvalue weighted by atomic mass is 35.5. The van der Waals surface area contributed by atoms with Crippen molar-refractivity contribution in [3.05, 3.63) is 94.8 Å². The third kappa shape index (κ3) is 6.83. The highest BCUT2D eigenvalue weighted by Gasteiger charge is 2.25. The van der Waals surface area contributed by atoms with Gasteiger partial charge >= 0.3 is 0 Å². The molecule has 1 atom stereocenters. The van der Waals surface area contributed by atoms with Gasteiger partial charge in [0.05, 0.1) is 0 Å². The van der Waals surface area contributed by atoms with Crippen LogP contribution in [0.5, 0.6) is 0 Å². The zero-order valence-corrected chi connectivity index (χ0v) is 21.1. The summed E-state index contributed by atoms with van der Waals surface area (Å²) in [5, 5.41) is 0.734. The lowest BCUT2D eigenvalue weighted by Crippen LogP contribution is -2.34. The van der Waals surface area contributed by atoms with E-state index in [-0.39, 0.29) is 0 Å². The Morgan fingerprint density at radius 3 is 2.35 bits per heavy atom. The summed E-state index contributed by atoms with van der Waals surface area (Å²) in [6, 6.07) is 20.8. The van der Waals surface area contributed by atoms with E-state index in [1.807, 2.05) is 42.6 Å². The summed E-state index contributed by atoms with van der Waals surface area (Å²) in [5.41, 5.74) is 6.48. The van der Waals surface area contributed by atoms with E-state index in [2.05, 4.69) is 72.8 Å². The number of rotatable bonds is 8. The van der Waals surface area contributed by atoms with Crippen molar-refractivity contribution in [2.24, 2.45) is 5.92 Å². The lowest BCUT2D eigenvalue weighted by atomic mass is 10.0. The number of allylic oxidation sites excluding steroid dienone is 1. The SMILES string of the molecule is CCCN(CC1CC1)[C@@H](C)/C=C(/C)c1ccc(C#Cc2ccc(-c3ccc(Cl)cc3)cn2)cc1. The summed E-state index contributed by atoms with van der Waals surface area (Å²) in [4.78, 5) is 7.14. The molecule has 3 aromatic rings. The highest BCUT2D eigenvalue weighted by molar-refractivity contribution is 6.30. The van der Waals surface area contributed by atoms with Gasteiger partial charge in [0.1, 0.15) is 5.69 Å². The van der Waals surface area contributed by atoms with Crippen molar-refractivity contribution in [2.45, 2.75) is 46.1 Å². The summed E-state index contributed by atoms with van der Waals surface area (Å²) in [5.74, 6) is 7.34. The van der Waals surface area contributed by atoms with E-state index < -0.39 is 0 Å². The molecule has 0 amide bonds. The molecule has 1 heterocycles. The van der Waals surface area contributed by atoms with E-state index in [1.165, 1.54) is 43.5 Å². The van der Waals surface area contributed by atoms with Gasteiger partial charge in [-0.1, -0.05) is 60.9 Å². The maximum absolute atomic E-state index is 5.98. The standard InChI is InChI=1S/C31H33ClN2/c1-4-19-34(22-26-5-6-26)24(3)20-23(2)27-10-7-25(8-11-27)9-17-31-18-14-29(21-33-31)28-12-15-30(32)16-13-28/h7-8,10-16,18,20-21,24,26H,4-6,19,22H2,1-3H3/b23-20-/t24-/m0/s1. The van der Waals surface area contributed by atoms with Crippen LogP contribution in [0.2, 0.25) is 5.02 Å². The molecule has 0 N–H and O–H groups in total. The van der Waals surface area contributed by atoms with Crippen LogP contribution in [0, 0.1) is 17.8 Å². The second-order valence-electron chi connectivity index (χ2n) is 9.29. The molecule has 174 valence electrons. The maximum Gasteiger partial charge on any atom is 0.113 e. The lowest BCUT2D eigenvalue weighted by molar-refractivity contribution is 0.232. The Labute approximate surface area is 209 Å². The predicted molar refractivity (Wildman–Crippen MR) is 145 cm³/mol. The van der Waals surface area contributed by atoms with Gasteiger partial charge in [-0.25, -0.2) is 4.98 Å². The molecule has 1 saturated carbocycles. The molecule has 1 aliphatic rings. The van der Waals surface area contributed by atoms with E-state index in [9.17, 15) is 0 Å². The first-order valence-corrected chi connectivity index (χ1v) is 12.7. The number of hydrogen-bond acceptors (Lipinski definition) is 2. The Kier molecular flexibility index (Phi) is 8.22.